The van der Waals surface area contributed by atoms with Gasteiger partial charge >= 0.3 is 11.8 Å². The number of ether oxygens (including phenoxy) is 1. The molecule has 2 amide bonds. The van der Waals surface area contributed by atoms with Crippen molar-refractivity contribution in [2.45, 2.75) is 44.1 Å². The van der Waals surface area contributed by atoms with Crippen LogP contribution >= 0.6 is 0 Å². The van der Waals surface area contributed by atoms with Crippen LogP contribution in [0.2, 0.25) is 0 Å². The zero-order valence-electron chi connectivity index (χ0n) is 15.2. The molecule has 0 unspecified atom stereocenters. The number of nitrogens with zero attached hydrogens (tertiary/aromatic N) is 1. The summed E-state index contributed by atoms with van der Waals surface area (Å²) in [7, 11) is 1.40. The number of amides is 2. The number of nitro benzene ring substituents is 1. The number of anilines is 1. The Balaban J connectivity index is 1.47. The molecule has 0 aromatic heterocycles. The van der Waals surface area contributed by atoms with Crippen LogP contribution in [0, 0.1) is 27.9 Å². The van der Waals surface area contributed by atoms with Crippen molar-refractivity contribution in [3.8, 4) is 5.75 Å². The van der Waals surface area contributed by atoms with Crippen LogP contribution in [0.5, 0.6) is 5.75 Å². The number of nitro groups is 1. The van der Waals surface area contributed by atoms with E-state index in [4.69, 9.17) is 4.74 Å². The lowest BCUT2D eigenvalue weighted by Gasteiger charge is -2.56. The van der Waals surface area contributed by atoms with Crippen molar-refractivity contribution in [3.63, 3.8) is 0 Å². The number of carbonyl (C=O) groups is 2. The molecule has 8 heteroatoms. The predicted molar refractivity (Wildman–Crippen MR) is 97.3 cm³/mol. The maximum absolute atomic E-state index is 12.6. The van der Waals surface area contributed by atoms with Crippen molar-refractivity contribution in [2.24, 2.45) is 17.8 Å². The van der Waals surface area contributed by atoms with Crippen molar-refractivity contribution >= 4 is 23.2 Å². The third-order valence-electron chi connectivity index (χ3n) is 6.27. The van der Waals surface area contributed by atoms with Crippen LogP contribution in [0.1, 0.15) is 38.5 Å². The number of rotatable bonds is 4. The summed E-state index contributed by atoms with van der Waals surface area (Å²) in [5.74, 6) is 0.691. The summed E-state index contributed by atoms with van der Waals surface area (Å²) in [6.07, 6.45) is 6.55. The third kappa shape index (κ3) is 3.36. The molecule has 1 aromatic rings. The fourth-order valence-corrected chi connectivity index (χ4v) is 5.65. The Morgan fingerprint density at radius 1 is 1.11 bits per heavy atom. The van der Waals surface area contributed by atoms with Crippen molar-refractivity contribution < 1.29 is 19.2 Å². The van der Waals surface area contributed by atoms with E-state index in [0.29, 0.717) is 17.8 Å². The van der Waals surface area contributed by atoms with Gasteiger partial charge in [-0.3, -0.25) is 19.7 Å². The molecular weight excluding hydrogens is 350 g/mol. The molecule has 4 fully saturated rings. The summed E-state index contributed by atoms with van der Waals surface area (Å²) < 4.78 is 5.13. The van der Waals surface area contributed by atoms with Gasteiger partial charge < -0.3 is 15.4 Å². The molecule has 2 N–H and O–H groups in total. The molecule has 0 heterocycles. The minimum Gasteiger partial charge on any atom is -0.495 e. The fraction of sp³-hybridized carbons (Fsp3) is 0.579. The van der Waals surface area contributed by atoms with E-state index >= 15 is 0 Å². The average molecular weight is 373 g/mol. The number of nitrogens with one attached hydrogen (secondary N) is 2. The first kappa shape index (κ1) is 17.8. The van der Waals surface area contributed by atoms with Crippen molar-refractivity contribution in [2.75, 3.05) is 12.4 Å². The van der Waals surface area contributed by atoms with Crippen LogP contribution in [0.4, 0.5) is 11.4 Å². The molecule has 1 aromatic carbocycles. The Hall–Kier alpha value is -2.64. The highest BCUT2D eigenvalue weighted by Gasteiger charge is 2.51. The van der Waals surface area contributed by atoms with Crippen LogP contribution in [-0.2, 0) is 9.59 Å². The highest BCUT2D eigenvalue weighted by Crippen LogP contribution is 2.55. The Morgan fingerprint density at radius 3 is 2.22 bits per heavy atom. The van der Waals surface area contributed by atoms with E-state index in [2.05, 4.69) is 10.6 Å². The van der Waals surface area contributed by atoms with Gasteiger partial charge in [0.25, 0.3) is 5.69 Å². The van der Waals surface area contributed by atoms with Gasteiger partial charge in [-0.05, 0) is 62.3 Å². The normalized spacial score (nSPS) is 30.6. The quantitative estimate of drug-likeness (QED) is 0.479. The van der Waals surface area contributed by atoms with Crippen LogP contribution < -0.4 is 15.4 Å². The first-order chi connectivity index (χ1) is 12.9. The molecule has 27 heavy (non-hydrogen) atoms. The van der Waals surface area contributed by atoms with E-state index in [1.807, 2.05) is 0 Å². The van der Waals surface area contributed by atoms with E-state index in [0.717, 1.165) is 19.3 Å². The topological polar surface area (TPSA) is 111 Å². The van der Waals surface area contributed by atoms with Gasteiger partial charge in [0.2, 0.25) is 0 Å². The maximum Gasteiger partial charge on any atom is 0.313 e. The molecule has 4 aliphatic rings. The SMILES string of the molecule is COc1ccc([N+](=O)[O-])cc1NC(=O)C(=O)NC12CC3CC(CC(C3)C1)C2. The molecule has 144 valence electrons. The molecule has 0 atom stereocenters. The number of methoxy groups -OCH3 is 1. The van der Waals surface area contributed by atoms with Gasteiger partial charge in [-0.2, -0.15) is 0 Å². The molecule has 5 rings (SSSR count). The van der Waals surface area contributed by atoms with Crippen LogP contribution in [0.25, 0.3) is 0 Å². The molecule has 0 radical (unpaired) electrons. The molecule has 0 spiro atoms. The Morgan fingerprint density at radius 2 is 1.70 bits per heavy atom. The molecule has 0 saturated heterocycles. The number of benzene rings is 1. The van der Waals surface area contributed by atoms with Crippen LogP contribution in [0.3, 0.4) is 0 Å². The fourth-order valence-electron chi connectivity index (χ4n) is 5.65. The zero-order valence-corrected chi connectivity index (χ0v) is 15.2. The van der Waals surface area contributed by atoms with E-state index in [9.17, 15) is 19.7 Å². The largest absolute Gasteiger partial charge is 0.495 e. The second-order valence-corrected chi connectivity index (χ2v) is 8.25. The molecule has 8 nitrogen and oxygen atoms in total. The van der Waals surface area contributed by atoms with E-state index in [-0.39, 0.29) is 22.7 Å². The number of non-ortho nitro benzene ring substituents is 1. The smallest absolute Gasteiger partial charge is 0.313 e. The van der Waals surface area contributed by atoms with Gasteiger partial charge in [0.05, 0.1) is 17.7 Å². The summed E-state index contributed by atoms with van der Waals surface area (Å²) in [4.78, 5) is 35.4. The van der Waals surface area contributed by atoms with Crippen molar-refractivity contribution in [1.82, 2.24) is 5.32 Å². The minimum atomic E-state index is -0.829. The number of carbonyl (C=O) groups excluding carboxylic acids is 2. The van der Waals surface area contributed by atoms with E-state index < -0.39 is 16.7 Å². The highest BCUT2D eigenvalue weighted by molar-refractivity contribution is 6.40. The van der Waals surface area contributed by atoms with Gasteiger partial charge in [0.1, 0.15) is 5.75 Å². The van der Waals surface area contributed by atoms with E-state index in [1.165, 1.54) is 44.6 Å². The summed E-state index contributed by atoms with van der Waals surface area (Å²) in [5, 5.41) is 16.4. The van der Waals surface area contributed by atoms with Crippen molar-refractivity contribution in [3.05, 3.63) is 28.3 Å². The average Bonchev–Trinajstić information content (AvgIpc) is 2.59. The van der Waals surface area contributed by atoms with Gasteiger partial charge in [-0.1, -0.05) is 0 Å². The number of hydrogen-bond acceptors (Lipinski definition) is 5. The number of hydrogen-bond donors (Lipinski definition) is 2. The molecule has 4 saturated carbocycles. The Kier molecular flexibility index (Phi) is 4.28. The Labute approximate surface area is 156 Å². The second kappa shape index (κ2) is 6.51. The first-order valence-electron chi connectivity index (χ1n) is 9.33. The molecular formula is C19H23N3O5. The maximum atomic E-state index is 12.6. The summed E-state index contributed by atoms with van der Waals surface area (Å²) >= 11 is 0. The first-order valence-corrected chi connectivity index (χ1v) is 9.33. The second-order valence-electron chi connectivity index (χ2n) is 8.25. The molecule has 4 aliphatic carbocycles. The van der Waals surface area contributed by atoms with Gasteiger partial charge in [0.15, 0.2) is 0 Å². The van der Waals surface area contributed by atoms with E-state index in [1.54, 1.807) is 0 Å². The predicted octanol–water partition coefficient (Wildman–Crippen LogP) is 2.63. The standard InChI is InChI=1S/C19H23N3O5/c1-27-16-3-2-14(22(25)26)7-15(16)20-17(23)18(24)21-19-8-11-4-12(9-19)6-13(5-11)10-19/h2-3,7,11-13H,4-6,8-10H2,1H3,(H,20,23)(H,21,24). The lowest BCUT2D eigenvalue weighted by molar-refractivity contribution is -0.384. The van der Waals surface area contributed by atoms with Gasteiger partial charge in [0, 0.05) is 17.7 Å². The zero-order chi connectivity index (χ0) is 19.2. The Bertz CT molecular complexity index is 771. The summed E-state index contributed by atoms with van der Waals surface area (Å²) in [5.41, 5.74) is -0.347. The lowest BCUT2D eigenvalue weighted by Crippen LogP contribution is -2.61. The minimum absolute atomic E-state index is 0.109. The third-order valence-corrected chi connectivity index (χ3v) is 6.27. The molecule has 0 aliphatic heterocycles. The monoisotopic (exact) mass is 373 g/mol. The summed E-state index contributed by atoms with van der Waals surface area (Å²) in [6.45, 7) is 0. The van der Waals surface area contributed by atoms with Crippen LogP contribution in [0.15, 0.2) is 18.2 Å². The van der Waals surface area contributed by atoms with Crippen molar-refractivity contribution in [1.29, 1.82) is 0 Å². The lowest BCUT2D eigenvalue weighted by atomic mass is 9.53. The van der Waals surface area contributed by atoms with Gasteiger partial charge in [-0.25, -0.2) is 0 Å². The highest BCUT2D eigenvalue weighted by atomic mass is 16.6. The van der Waals surface area contributed by atoms with Crippen LogP contribution in [-0.4, -0.2) is 29.4 Å². The molecule has 4 bridgehead atoms. The van der Waals surface area contributed by atoms with Gasteiger partial charge in [-0.15, -0.1) is 0 Å². The summed E-state index contributed by atoms with van der Waals surface area (Å²) in [6, 6.07) is 3.86.